The number of fused-ring (bicyclic) bond motifs is 1. The summed E-state index contributed by atoms with van der Waals surface area (Å²) >= 11 is 17.5. The number of rotatable bonds is 2. The van der Waals surface area contributed by atoms with Gasteiger partial charge < -0.3 is 4.98 Å². The minimum absolute atomic E-state index is 0.147. The summed E-state index contributed by atoms with van der Waals surface area (Å²) in [4.78, 5) is 7.10. The molecule has 0 fully saturated rings. The van der Waals surface area contributed by atoms with Gasteiger partial charge in [0.1, 0.15) is 10.2 Å². The number of hydrogen-bond acceptors (Lipinski definition) is 4. The largest absolute Gasteiger partial charge is 0.416 e. The summed E-state index contributed by atoms with van der Waals surface area (Å²) in [7, 11) is 1.60. The smallest absolute Gasteiger partial charge is 0.335 e. The first-order valence-electron chi connectivity index (χ1n) is 7.30. The number of halogens is 5. The van der Waals surface area contributed by atoms with Gasteiger partial charge in [0.2, 0.25) is 10.6 Å². The predicted octanol–water partition coefficient (Wildman–Crippen LogP) is 4.53. The molecule has 0 aliphatic carbocycles. The van der Waals surface area contributed by atoms with Gasteiger partial charge in [0.25, 0.3) is 0 Å². The van der Waals surface area contributed by atoms with E-state index < -0.39 is 11.7 Å². The lowest BCUT2D eigenvalue weighted by atomic mass is 10.2. The molecular weight excluding hydrogens is 426 g/mol. The summed E-state index contributed by atoms with van der Waals surface area (Å²) in [6.07, 6.45) is -4.46. The first-order valence-corrected chi connectivity index (χ1v) is 8.46. The third kappa shape index (κ3) is 2.91. The summed E-state index contributed by atoms with van der Waals surface area (Å²) in [6, 6.07) is 3.20. The highest BCUT2D eigenvalue weighted by Crippen LogP contribution is 2.33. The maximum absolute atomic E-state index is 12.9. The van der Waals surface area contributed by atoms with Crippen molar-refractivity contribution in [2.45, 2.75) is 6.18 Å². The molecule has 140 valence electrons. The van der Waals surface area contributed by atoms with Crippen LogP contribution in [-0.2, 0) is 13.2 Å². The van der Waals surface area contributed by atoms with Crippen LogP contribution in [0.3, 0.4) is 0 Å². The molecule has 0 spiro atoms. The molecule has 7 nitrogen and oxygen atoms in total. The van der Waals surface area contributed by atoms with Gasteiger partial charge in [-0.1, -0.05) is 23.2 Å². The molecule has 0 bridgehead atoms. The summed E-state index contributed by atoms with van der Waals surface area (Å²) in [5.74, 6) is 0.602. The number of alkyl halides is 3. The van der Waals surface area contributed by atoms with Gasteiger partial charge in [0, 0.05) is 7.05 Å². The minimum Gasteiger partial charge on any atom is -0.335 e. The summed E-state index contributed by atoms with van der Waals surface area (Å²) in [5.41, 5.74) is -0.252. The van der Waals surface area contributed by atoms with E-state index in [4.69, 9.17) is 35.4 Å². The third-order valence-electron chi connectivity index (χ3n) is 3.81. The van der Waals surface area contributed by atoms with Crippen molar-refractivity contribution in [3.63, 3.8) is 0 Å². The Bertz CT molecular complexity index is 1230. The highest BCUT2D eigenvalue weighted by atomic mass is 35.5. The first kappa shape index (κ1) is 18.0. The topological polar surface area (TPSA) is 80.1 Å². The molecule has 0 radical (unpaired) electrons. The van der Waals surface area contributed by atoms with E-state index in [1.807, 2.05) is 0 Å². The molecule has 27 heavy (non-hydrogen) atoms. The normalized spacial score (nSPS) is 12.2. The van der Waals surface area contributed by atoms with Crippen molar-refractivity contribution in [1.82, 2.24) is 34.5 Å². The van der Waals surface area contributed by atoms with E-state index >= 15 is 0 Å². The molecule has 2 N–H and O–H groups in total. The number of benzene rings is 1. The molecule has 0 saturated carbocycles. The molecule has 13 heteroatoms. The molecule has 0 aliphatic heterocycles. The molecule has 4 aromatic rings. The van der Waals surface area contributed by atoms with E-state index in [0.717, 1.165) is 12.1 Å². The zero-order chi connectivity index (χ0) is 19.5. The Hall–Kier alpha value is -2.37. The Balaban J connectivity index is 1.90. The third-order valence-corrected chi connectivity index (χ3v) is 4.96. The van der Waals surface area contributed by atoms with Gasteiger partial charge in [0.15, 0.2) is 11.6 Å². The molecule has 4 rings (SSSR count). The monoisotopic (exact) mass is 433 g/mol. The Morgan fingerprint density at radius 2 is 1.96 bits per heavy atom. The van der Waals surface area contributed by atoms with E-state index in [0.29, 0.717) is 5.52 Å². The fourth-order valence-electron chi connectivity index (χ4n) is 2.55. The molecule has 3 aromatic heterocycles. The number of hydrogen-bond donors (Lipinski definition) is 2. The minimum atomic E-state index is -4.46. The second-order valence-electron chi connectivity index (χ2n) is 5.55. The van der Waals surface area contributed by atoms with Crippen LogP contribution in [0.25, 0.3) is 28.5 Å². The van der Waals surface area contributed by atoms with E-state index in [9.17, 15) is 13.2 Å². The average Bonchev–Trinajstić information content (AvgIpc) is 3.25. The highest BCUT2D eigenvalue weighted by molar-refractivity contribution is 7.71. The molecule has 0 atom stereocenters. The van der Waals surface area contributed by atoms with Gasteiger partial charge >= 0.3 is 6.18 Å². The standard InChI is InChI=1S/C14H8Cl2F3N7S/c1-25-9(16)8(15)11(24-25)26-12(22-23-13(26)27)10-20-6-3-2-5(14(17,18)19)4-7(6)21-10/h2-4H,1H3,(H,20,21)(H,23,27). The molecule has 0 aliphatic rings. The predicted molar refractivity (Wildman–Crippen MR) is 95.6 cm³/mol. The highest BCUT2D eigenvalue weighted by Gasteiger charge is 2.31. The molecule has 0 amide bonds. The van der Waals surface area contributed by atoms with Crippen molar-refractivity contribution in [2.24, 2.45) is 7.05 Å². The molecule has 0 saturated heterocycles. The van der Waals surface area contributed by atoms with Crippen molar-refractivity contribution in [2.75, 3.05) is 0 Å². The van der Waals surface area contributed by atoms with E-state index in [1.54, 1.807) is 7.05 Å². The second kappa shape index (κ2) is 6.08. The summed E-state index contributed by atoms with van der Waals surface area (Å²) in [6.45, 7) is 0. The maximum atomic E-state index is 12.9. The Morgan fingerprint density at radius 3 is 2.59 bits per heavy atom. The SMILES string of the molecule is Cn1nc(-n2c(-c3nc4ccc(C(F)(F)F)cc4[nH]3)n[nH]c2=S)c(Cl)c1Cl. The number of aromatic amines is 2. The lowest BCUT2D eigenvalue weighted by molar-refractivity contribution is -0.137. The zero-order valence-electron chi connectivity index (χ0n) is 13.3. The molecule has 1 aromatic carbocycles. The number of H-pyrrole nitrogens is 2. The summed E-state index contributed by atoms with van der Waals surface area (Å²) in [5, 5.41) is 11.2. The lowest BCUT2D eigenvalue weighted by Gasteiger charge is -2.05. The fourth-order valence-corrected chi connectivity index (χ4v) is 3.14. The fraction of sp³-hybridized carbons (Fsp3) is 0.143. The van der Waals surface area contributed by atoms with Crippen LogP contribution in [-0.4, -0.2) is 34.5 Å². The van der Waals surface area contributed by atoms with Crippen LogP contribution in [0.5, 0.6) is 0 Å². The van der Waals surface area contributed by atoms with Crippen LogP contribution in [0, 0.1) is 4.77 Å². The second-order valence-corrected chi connectivity index (χ2v) is 6.68. The Morgan fingerprint density at radius 1 is 1.22 bits per heavy atom. The maximum Gasteiger partial charge on any atom is 0.416 e. The van der Waals surface area contributed by atoms with Gasteiger partial charge in [-0.3, -0.25) is 9.78 Å². The quantitative estimate of drug-likeness (QED) is 0.455. The van der Waals surface area contributed by atoms with Gasteiger partial charge in [-0.25, -0.2) is 9.55 Å². The van der Waals surface area contributed by atoms with Crippen LogP contribution in [0.2, 0.25) is 10.2 Å². The number of aryl methyl sites for hydroxylation is 1. The Kier molecular flexibility index (Phi) is 4.05. The molecule has 3 heterocycles. The van der Waals surface area contributed by atoms with E-state index in [2.05, 4.69) is 25.3 Å². The van der Waals surface area contributed by atoms with Crippen molar-refractivity contribution in [3.8, 4) is 17.5 Å². The number of nitrogens with one attached hydrogen (secondary N) is 2. The van der Waals surface area contributed by atoms with Crippen molar-refractivity contribution >= 4 is 46.5 Å². The number of nitrogens with zero attached hydrogens (tertiary/aromatic N) is 5. The Labute approximate surface area is 163 Å². The lowest BCUT2D eigenvalue weighted by Crippen LogP contribution is -2.04. The van der Waals surface area contributed by atoms with Gasteiger partial charge in [-0.2, -0.15) is 23.4 Å². The van der Waals surface area contributed by atoms with Crippen LogP contribution in [0.15, 0.2) is 18.2 Å². The number of aromatic nitrogens is 7. The summed E-state index contributed by atoms with van der Waals surface area (Å²) < 4.78 is 41.6. The van der Waals surface area contributed by atoms with Gasteiger partial charge in [0.05, 0.1) is 16.6 Å². The molecular formula is C14H8Cl2F3N7S. The van der Waals surface area contributed by atoms with E-state index in [1.165, 1.54) is 15.3 Å². The number of imidazole rings is 1. The van der Waals surface area contributed by atoms with E-state index in [-0.39, 0.29) is 37.9 Å². The van der Waals surface area contributed by atoms with Crippen LogP contribution in [0.4, 0.5) is 13.2 Å². The van der Waals surface area contributed by atoms with Crippen LogP contribution >= 0.6 is 35.4 Å². The van der Waals surface area contributed by atoms with Crippen LogP contribution < -0.4 is 0 Å². The average molecular weight is 434 g/mol. The van der Waals surface area contributed by atoms with Crippen molar-refractivity contribution < 1.29 is 13.2 Å². The van der Waals surface area contributed by atoms with Crippen molar-refractivity contribution in [3.05, 3.63) is 38.7 Å². The van der Waals surface area contributed by atoms with Gasteiger partial charge in [-0.15, -0.1) is 0 Å². The van der Waals surface area contributed by atoms with Crippen LogP contribution in [0.1, 0.15) is 5.56 Å². The zero-order valence-corrected chi connectivity index (χ0v) is 15.6. The van der Waals surface area contributed by atoms with Gasteiger partial charge in [-0.05, 0) is 30.4 Å². The first-order chi connectivity index (χ1) is 12.7. The van der Waals surface area contributed by atoms with Crippen molar-refractivity contribution in [1.29, 1.82) is 0 Å². The molecule has 0 unspecified atom stereocenters.